The molecule has 0 saturated heterocycles. The summed E-state index contributed by atoms with van der Waals surface area (Å²) in [7, 11) is 0. The van der Waals surface area contributed by atoms with Crippen LogP contribution in [0.1, 0.15) is 38.2 Å². The number of ether oxygens (including phenoxy) is 2. The molecule has 0 spiro atoms. The van der Waals surface area contributed by atoms with Crippen molar-refractivity contribution in [2.24, 2.45) is 0 Å². The Bertz CT molecular complexity index is 583. The number of aliphatic hydroxyl groups is 1. The van der Waals surface area contributed by atoms with E-state index in [9.17, 15) is 5.11 Å². The van der Waals surface area contributed by atoms with Crippen molar-refractivity contribution in [3.63, 3.8) is 0 Å². The van der Waals surface area contributed by atoms with Gasteiger partial charge in [0, 0.05) is 5.92 Å². The number of nitrogens with zero attached hydrogens (tertiary/aromatic N) is 2. The summed E-state index contributed by atoms with van der Waals surface area (Å²) >= 11 is 0. The largest absolute Gasteiger partial charge is 0.494 e. The van der Waals surface area contributed by atoms with Gasteiger partial charge in [-0.3, -0.25) is 0 Å². The van der Waals surface area contributed by atoms with Crippen molar-refractivity contribution in [2.45, 2.75) is 33.3 Å². The van der Waals surface area contributed by atoms with Crippen molar-refractivity contribution in [2.75, 3.05) is 6.61 Å². The van der Waals surface area contributed by atoms with E-state index in [1.54, 1.807) is 6.20 Å². The summed E-state index contributed by atoms with van der Waals surface area (Å²) in [5.74, 6) is 2.80. The number of aromatic nitrogens is 2. The molecule has 2 aromatic rings. The van der Waals surface area contributed by atoms with E-state index in [0.29, 0.717) is 29.6 Å². The molecule has 0 unspecified atom stereocenters. The third-order valence-electron chi connectivity index (χ3n) is 2.88. The monoisotopic (exact) mass is 288 g/mol. The zero-order valence-electron chi connectivity index (χ0n) is 12.5. The lowest BCUT2D eigenvalue weighted by atomic mass is 10.2. The van der Waals surface area contributed by atoms with E-state index in [4.69, 9.17) is 9.47 Å². The zero-order valence-corrected chi connectivity index (χ0v) is 12.5. The summed E-state index contributed by atoms with van der Waals surface area (Å²) in [5.41, 5.74) is 0.489. The number of benzene rings is 1. The molecule has 1 aromatic carbocycles. The van der Waals surface area contributed by atoms with Crippen LogP contribution in [0.5, 0.6) is 17.2 Å². The molecule has 0 aliphatic carbocycles. The average molecular weight is 288 g/mol. The van der Waals surface area contributed by atoms with Gasteiger partial charge < -0.3 is 14.6 Å². The third-order valence-corrected chi connectivity index (χ3v) is 2.88. The molecule has 21 heavy (non-hydrogen) atoms. The molecule has 2 rings (SSSR count). The lowest BCUT2D eigenvalue weighted by Gasteiger charge is -2.11. The highest BCUT2D eigenvalue weighted by Gasteiger charge is 2.11. The van der Waals surface area contributed by atoms with Gasteiger partial charge in [-0.2, -0.15) is 0 Å². The summed E-state index contributed by atoms with van der Waals surface area (Å²) in [6.45, 7) is 6.38. The fourth-order valence-corrected chi connectivity index (χ4v) is 1.80. The minimum Gasteiger partial charge on any atom is -0.494 e. The van der Waals surface area contributed by atoms with Gasteiger partial charge in [0.2, 0.25) is 0 Å². The van der Waals surface area contributed by atoms with Crippen molar-refractivity contribution in [1.82, 2.24) is 9.97 Å². The van der Waals surface area contributed by atoms with E-state index < -0.39 is 0 Å². The van der Waals surface area contributed by atoms with E-state index in [2.05, 4.69) is 9.97 Å². The Kier molecular flexibility index (Phi) is 5.11. The van der Waals surface area contributed by atoms with Gasteiger partial charge in [-0.15, -0.1) is 0 Å². The summed E-state index contributed by atoms with van der Waals surface area (Å²) < 4.78 is 11.1. The quantitative estimate of drug-likeness (QED) is 0.883. The van der Waals surface area contributed by atoms with Gasteiger partial charge in [-0.25, -0.2) is 9.97 Å². The SMILES string of the molecule is CCOc1ccc(Oc2cnc(C(C)C)nc2CO)cc1. The first-order chi connectivity index (χ1) is 10.1. The van der Waals surface area contributed by atoms with Crippen LogP contribution in [0.25, 0.3) is 0 Å². The number of aliphatic hydroxyl groups excluding tert-OH is 1. The predicted octanol–water partition coefficient (Wildman–Crippen LogP) is 3.28. The molecular formula is C16H20N2O3. The maximum Gasteiger partial charge on any atom is 0.169 e. The van der Waals surface area contributed by atoms with Gasteiger partial charge in [-0.05, 0) is 31.2 Å². The highest BCUT2D eigenvalue weighted by atomic mass is 16.5. The second-order valence-corrected chi connectivity index (χ2v) is 4.86. The van der Waals surface area contributed by atoms with Crippen LogP contribution >= 0.6 is 0 Å². The molecule has 1 N–H and O–H groups in total. The Hall–Kier alpha value is -2.14. The van der Waals surface area contributed by atoms with Crippen LogP contribution in [0.2, 0.25) is 0 Å². The van der Waals surface area contributed by atoms with E-state index in [-0.39, 0.29) is 12.5 Å². The highest BCUT2D eigenvalue weighted by Crippen LogP contribution is 2.26. The molecular weight excluding hydrogens is 268 g/mol. The first-order valence-electron chi connectivity index (χ1n) is 7.01. The van der Waals surface area contributed by atoms with Crippen molar-refractivity contribution >= 4 is 0 Å². The topological polar surface area (TPSA) is 64.5 Å². The first-order valence-corrected chi connectivity index (χ1v) is 7.01. The molecule has 112 valence electrons. The third kappa shape index (κ3) is 3.92. The Labute approximate surface area is 124 Å². The molecule has 0 amide bonds. The molecule has 0 saturated carbocycles. The molecule has 5 nitrogen and oxygen atoms in total. The Morgan fingerprint density at radius 1 is 1.14 bits per heavy atom. The van der Waals surface area contributed by atoms with Gasteiger partial charge in [0.1, 0.15) is 23.0 Å². The van der Waals surface area contributed by atoms with Crippen molar-refractivity contribution in [3.05, 3.63) is 42.0 Å². The van der Waals surface area contributed by atoms with E-state index in [0.717, 1.165) is 5.75 Å². The number of rotatable bonds is 6. The van der Waals surface area contributed by atoms with Gasteiger partial charge in [0.15, 0.2) is 5.75 Å². The van der Waals surface area contributed by atoms with E-state index in [1.165, 1.54) is 0 Å². The van der Waals surface area contributed by atoms with Crippen LogP contribution in [0, 0.1) is 0 Å². The van der Waals surface area contributed by atoms with Crippen LogP contribution in [0.3, 0.4) is 0 Å². The highest BCUT2D eigenvalue weighted by molar-refractivity contribution is 5.36. The number of hydrogen-bond acceptors (Lipinski definition) is 5. The van der Waals surface area contributed by atoms with E-state index >= 15 is 0 Å². The van der Waals surface area contributed by atoms with Crippen molar-refractivity contribution < 1.29 is 14.6 Å². The summed E-state index contributed by atoms with van der Waals surface area (Å²) in [6.07, 6.45) is 1.60. The molecule has 1 aromatic heterocycles. The van der Waals surface area contributed by atoms with Crippen LogP contribution in [0.15, 0.2) is 30.5 Å². The number of hydrogen-bond donors (Lipinski definition) is 1. The van der Waals surface area contributed by atoms with Gasteiger partial charge in [0.25, 0.3) is 0 Å². The molecule has 0 fully saturated rings. The smallest absolute Gasteiger partial charge is 0.169 e. The maximum absolute atomic E-state index is 9.43. The van der Waals surface area contributed by atoms with Gasteiger partial charge in [-0.1, -0.05) is 13.8 Å². The minimum atomic E-state index is -0.186. The fourth-order valence-electron chi connectivity index (χ4n) is 1.80. The molecule has 5 heteroatoms. The summed E-state index contributed by atoms with van der Waals surface area (Å²) in [6, 6.07) is 7.28. The zero-order chi connectivity index (χ0) is 15.2. The van der Waals surface area contributed by atoms with Crippen molar-refractivity contribution in [1.29, 1.82) is 0 Å². The molecule has 0 aliphatic heterocycles. The summed E-state index contributed by atoms with van der Waals surface area (Å²) in [5, 5.41) is 9.43. The average Bonchev–Trinajstić information content (AvgIpc) is 2.49. The van der Waals surface area contributed by atoms with Crippen molar-refractivity contribution in [3.8, 4) is 17.2 Å². The lowest BCUT2D eigenvalue weighted by Crippen LogP contribution is -2.03. The van der Waals surface area contributed by atoms with Crippen LogP contribution in [-0.2, 0) is 6.61 Å². The second kappa shape index (κ2) is 7.04. The second-order valence-electron chi connectivity index (χ2n) is 4.86. The molecule has 0 bridgehead atoms. The van der Waals surface area contributed by atoms with Crippen LogP contribution in [0.4, 0.5) is 0 Å². The maximum atomic E-state index is 9.43. The van der Waals surface area contributed by atoms with Gasteiger partial charge in [0.05, 0.1) is 19.4 Å². The van der Waals surface area contributed by atoms with E-state index in [1.807, 2.05) is 45.0 Å². The molecule has 0 radical (unpaired) electrons. The Balaban J connectivity index is 2.18. The standard InChI is InChI=1S/C16H20N2O3/c1-4-20-12-5-7-13(8-6-12)21-15-9-17-16(11(2)3)18-14(15)10-19/h5-9,11,19H,4,10H2,1-3H3. The normalized spacial score (nSPS) is 10.7. The Morgan fingerprint density at radius 2 is 1.81 bits per heavy atom. The first kappa shape index (κ1) is 15.3. The van der Waals surface area contributed by atoms with Crippen LogP contribution in [-0.4, -0.2) is 21.7 Å². The van der Waals surface area contributed by atoms with Crippen LogP contribution < -0.4 is 9.47 Å². The van der Waals surface area contributed by atoms with Gasteiger partial charge >= 0.3 is 0 Å². The fraction of sp³-hybridized carbons (Fsp3) is 0.375. The Morgan fingerprint density at radius 3 is 2.38 bits per heavy atom. The molecule has 1 heterocycles. The molecule has 0 atom stereocenters. The lowest BCUT2D eigenvalue weighted by molar-refractivity contribution is 0.269. The minimum absolute atomic E-state index is 0.186. The molecule has 0 aliphatic rings. The summed E-state index contributed by atoms with van der Waals surface area (Å²) in [4.78, 5) is 8.58. The predicted molar refractivity (Wildman–Crippen MR) is 79.7 cm³/mol.